The summed E-state index contributed by atoms with van der Waals surface area (Å²) in [5.74, 6) is -1.26. The molecular formula is C10H16N3O4P. The van der Waals surface area contributed by atoms with Gasteiger partial charge in [-0.25, -0.2) is 4.79 Å². The van der Waals surface area contributed by atoms with Crippen LogP contribution < -0.4 is 16.4 Å². The van der Waals surface area contributed by atoms with Gasteiger partial charge in [0.1, 0.15) is 5.78 Å². The molecule has 18 heavy (non-hydrogen) atoms. The van der Waals surface area contributed by atoms with Crippen LogP contribution in [0.1, 0.15) is 5.56 Å². The van der Waals surface area contributed by atoms with E-state index < -0.39 is 19.4 Å². The van der Waals surface area contributed by atoms with Crippen molar-refractivity contribution in [1.82, 2.24) is 10.6 Å². The first kappa shape index (κ1) is 14.5. The Kier molecular flexibility index (Phi) is 4.72. The summed E-state index contributed by atoms with van der Waals surface area (Å²) in [6.07, 6.45) is 0.0258. The highest BCUT2D eigenvalue weighted by Crippen LogP contribution is 2.41. The lowest BCUT2D eigenvalue weighted by molar-refractivity contribution is 0.239. The summed E-state index contributed by atoms with van der Waals surface area (Å²) in [6.45, 7) is 0. The summed E-state index contributed by atoms with van der Waals surface area (Å²) in [4.78, 5) is 29.5. The predicted molar refractivity (Wildman–Crippen MR) is 68.0 cm³/mol. The smallest absolute Gasteiger partial charge is 0.348 e. The number of carbonyl (C=O) groups excluding carboxylic acids is 1. The summed E-state index contributed by atoms with van der Waals surface area (Å²) in [6, 6.07) is 5.93. The number of urea groups is 1. The Morgan fingerprint density at radius 2 is 1.94 bits per heavy atom. The van der Waals surface area contributed by atoms with Gasteiger partial charge in [0.2, 0.25) is 0 Å². The number of nitrogens with two attached hydrogens (primary N) is 1. The zero-order valence-electron chi connectivity index (χ0n) is 9.83. The first-order chi connectivity index (χ1) is 8.32. The molecule has 6 N–H and O–H groups in total. The molecule has 0 saturated heterocycles. The highest BCUT2D eigenvalue weighted by molar-refractivity contribution is 7.52. The van der Waals surface area contributed by atoms with Crippen LogP contribution in [0.2, 0.25) is 0 Å². The molecule has 0 heterocycles. The minimum atomic E-state index is -4.42. The summed E-state index contributed by atoms with van der Waals surface area (Å²) < 4.78 is 11.3. The number of rotatable bonds is 4. The highest BCUT2D eigenvalue weighted by Gasteiger charge is 2.30. The molecule has 0 aromatic heterocycles. The number of nitrogen functional groups attached to an aromatic ring is 1. The molecule has 0 fully saturated rings. The van der Waals surface area contributed by atoms with Gasteiger partial charge in [0, 0.05) is 19.2 Å². The Balaban J connectivity index is 2.82. The maximum atomic E-state index is 11.3. The second-order valence-corrected chi connectivity index (χ2v) is 5.58. The maximum absolute atomic E-state index is 11.3. The van der Waals surface area contributed by atoms with Crippen LogP contribution in [0.3, 0.4) is 0 Å². The lowest BCUT2D eigenvalue weighted by Crippen LogP contribution is -2.41. The van der Waals surface area contributed by atoms with Crippen LogP contribution in [0.25, 0.3) is 0 Å². The quantitative estimate of drug-likeness (QED) is 0.397. The first-order valence-electron chi connectivity index (χ1n) is 5.21. The van der Waals surface area contributed by atoms with Crippen molar-refractivity contribution in [2.75, 3.05) is 12.8 Å². The number of hydrogen-bond acceptors (Lipinski definition) is 3. The van der Waals surface area contributed by atoms with Gasteiger partial charge in [-0.2, -0.15) is 0 Å². The van der Waals surface area contributed by atoms with E-state index in [1.165, 1.54) is 7.05 Å². The van der Waals surface area contributed by atoms with Crippen molar-refractivity contribution in [2.45, 2.75) is 12.2 Å². The standard InChI is InChI=1S/C10H16N3O4P/c1-12-10(14)13-9(18(15,16)17)6-7-2-4-8(11)5-3-7/h2-5,9H,6,11H2,1H3,(H2,12,13,14)(H2,15,16,17). The first-order valence-corrected chi connectivity index (χ1v) is 6.89. The van der Waals surface area contributed by atoms with Crippen molar-refractivity contribution in [1.29, 1.82) is 0 Å². The van der Waals surface area contributed by atoms with Gasteiger partial charge >= 0.3 is 13.6 Å². The van der Waals surface area contributed by atoms with Crippen LogP contribution in [0, 0.1) is 0 Å². The van der Waals surface area contributed by atoms with Crippen molar-refractivity contribution < 1.29 is 19.1 Å². The number of benzene rings is 1. The molecule has 0 spiro atoms. The van der Waals surface area contributed by atoms with E-state index in [1.54, 1.807) is 24.3 Å². The van der Waals surface area contributed by atoms with Crippen molar-refractivity contribution in [3.05, 3.63) is 29.8 Å². The molecule has 7 nitrogen and oxygen atoms in total. The number of nitrogens with one attached hydrogen (secondary N) is 2. The molecule has 0 saturated carbocycles. The molecular weight excluding hydrogens is 257 g/mol. The van der Waals surface area contributed by atoms with Gasteiger partial charge in [-0.15, -0.1) is 0 Å². The van der Waals surface area contributed by atoms with E-state index in [4.69, 9.17) is 5.73 Å². The van der Waals surface area contributed by atoms with Gasteiger partial charge in [-0.3, -0.25) is 4.57 Å². The number of amides is 2. The van der Waals surface area contributed by atoms with Crippen LogP contribution in [0.5, 0.6) is 0 Å². The molecule has 1 atom stereocenters. The van der Waals surface area contributed by atoms with E-state index in [0.29, 0.717) is 11.3 Å². The van der Waals surface area contributed by atoms with Gasteiger partial charge in [-0.1, -0.05) is 12.1 Å². The van der Waals surface area contributed by atoms with E-state index in [2.05, 4.69) is 10.6 Å². The fourth-order valence-corrected chi connectivity index (χ4v) is 2.09. The molecule has 0 bridgehead atoms. The van der Waals surface area contributed by atoms with Gasteiger partial charge in [0.25, 0.3) is 0 Å². The lowest BCUT2D eigenvalue weighted by Gasteiger charge is -2.19. The molecule has 0 aliphatic heterocycles. The largest absolute Gasteiger partial charge is 0.399 e. The van der Waals surface area contributed by atoms with Crippen molar-refractivity contribution in [3.63, 3.8) is 0 Å². The van der Waals surface area contributed by atoms with Crippen LogP contribution in [0.4, 0.5) is 10.5 Å². The molecule has 100 valence electrons. The second kappa shape index (κ2) is 5.86. The van der Waals surface area contributed by atoms with Gasteiger partial charge < -0.3 is 26.2 Å². The Labute approximate surface area is 105 Å². The zero-order valence-corrected chi connectivity index (χ0v) is 10.7. The lowest BCUT2D eigenvalue weighted by atomic mass is 10.1. The van der Waals surface area contributed by atoms with E-state index in [-0.39, 0.29) is 6.42 Å². The molecule has 8 heteroatoms. The summed E-state index contributed by atoms with van der Waals surface area (Å²) >= 11 is 0. The third-order valence-electron chi connectivity index (χ3n) is 2.34. The molecule has 0 aliphatic carbocycles. The molecule has 1 aromatic rings. The highest BCUT2D eigenvalue weighted by atomic mass is 31.2. The normalized spacial score (nSPS) is 12.8. The van der Waals surface area contributed by atoms with E-state index in [1.807, 2.05) is 0 Å². The third kappa shape index (κ3) is 4.37. The minimum absolute atomic E-state index is 0.0258. The minimum Gasteiger partial charge on any atom is -0.399 e. The van der Waals surface area contributed by atoms with E-state index in [0.717, 1.165) is 0 Å². The SMILES string of the molecule is CNC(=O)NC(Cc1ccc(N)cc1)P(=O)(O)O. The van der Waals surface area contributed by atoms with E-state index in [9.17, 15) is 19.1 Å². The predicted octanol–water partition coefficient (Wildman–Crippen LogP) is 0.244. The average molecular weight is 273 g/mol. The van der Waals surface area contributed by atoms with Crippen LogP contribution in [-0.2, 0) is 11.0 Å². The molecule has 2 amide bonds. The van der Waals surface area contributed by atoms with Crippen LogP contribution in [-0.4, -0.2) is 28.6 Å². The van der Waals surface area contributed by atoms with Gasteiger partial charge in [0.15, 0.2) is 0 Å². The van der Waals surface area contributed by atoms with Crippen LogP contribution >= 0.6 is 7.60 Å². The maximum Gasteiger partial charge on any atom is 0.348 e. The molecule has 0 radical (unpaired) electrons. The summed E-state index contributed by atoms with van der Waals surface area (Å²) in [5, 5.41) is 4.47. The third-order valence-corrected chi connectivity index (χ3v) is 3.46. The monoisotopic (exact) mass is 273 g/mol. The second-order valence-electron chi connectivity index (χ2n) is 3.77. The van der Waals surface area contributed by atoms with Crippen LogP contribution in [0.15, 0.2) is 24.3 Å². The Hall–Kier alpha value is -1.56. The number of anilines is 1. The summed E-state index contributed by atoms with van der Waals surface area (Å²) in [7, 11) is -3.05. The topological polar surface area (TPSA) is 125 Å². The Morgan fingerprint density at radius 1 is 1.39 bits per heavy atom. The van der Waals surface area contributed by atoms with E-state index >= 15 is 0 Å². The fourth-order valence-electron chi connectivity index (χ4n) is 1.35. The zero-order chi connectivity index (χ0) is 13.8. The van der Waals surface area contributed by atoms with Crippen molar-refractivity contribution in [3.8, 4) is 0 Å². The molecule has 1 unspecified atom stereocenters. The molecule has 1 rings (SSSR count). The van der Waals surface area contributed by atoms with Gasteiger partial charge in [0.05, 0.1) is 0 Å². The summed E-state index contributed by atoms with van der Waals surface area (Å²) in [5.41, 5.74) is 6.75. The number of carbonyl (C=O) groups is 1. The van der Waals surface area contributed by atoms with Gasteiger partial charge in [-0.05, 0) is 17.7 Å². The van der Waals surface area contributed by atoms with Crippen molar-refractivity contribution >= 4 is 19.3 Å². The average Bonchev–Trinajstić information content (AvgIpc) is 2.29. The number of hydrogen-bond donors (Lipinski definition) is 5. The Morgan fingerprint density at radius 3 is 2.39 bits per heavy atom. The van der Waals surface area contributed by atoms with Crippen molar-refractivity contribution in [2.24, 2.45) is 0 Å². The fraction of sp³-hybridized carbons (Fsp3) is 0.300. The Bertz CT molecular complexity index is 457. The molecule has 1 aromatic carbocycles. The molecule has 0 aliphatic rings.